The predicted molar refractivity (Wildman–Crippen MR) is 91.5 cm³/mol. The zero-order valence-corrected chi connectivity index (χ0v) is 15.0. The molecule has 4 unspecified atom stereocenters. The van der Waals surface area contributed by atoms with Crippen molar-refractivity contribution < 1.29 is 9.53 Å². The van der Waals surface area contributed by atoms with Gasteiger partial charge in [-0.25, -0.2) is 4.79 Å². The first-order valence-corrected chi connectivity index (χ1v) is 9.34. The van der Waals surface area contributed by atoms with Crippen LogP contribution in [0.4, 0.5) is 4.79 Å². The van der Waals surface area contributed by atoms with E-state index < -0.39 is 5.60 Å². The van der Waals surface area contributed by atoms with E-state index in [1.54, 1.807) is 0 Å². The topological polar surface area (TPSA) is 44.8 Å². The molecule has 3 aliphatic rings. The maximum Gasteiger partial charge on any atom is 0.410 e. The SMILES string of the molecule is CC(C)(C)OC(=O)N1CCCC(CNC2CCN3CCC2C3)C1. The summed E-state index contributed by atoms with van der Waals surface area (Å²) in [7, 11) is 0. The third-order valence-corrected chi connectivity index (χ3v) is 5.47. The highest BCUT2D eigenvalue weighted by molar-refractivity contribution is 5.68. The fraction of sp³-hybridized carbons (Fsp3) is 0.944. The van der Waals surface area contributed by atoms with E-state index in [2.05, 4.69) is 10.2 Å². The average Bonchev–Trinajstić information content (AvgIpc) is 2.87. The Balaban J connectivity index is 1.44. The van der Waals surface area contributed by atoms with Crippen LogP contribution in [0.5, 0.6) is 0 Å². The third-order valence-electron chi connectivity index (χ3n) is 5.47. The number of hydrogen-bond acceptors (Lipinski definition) is 4. The highest BCUT2D eigenvalue weighted by Gasteiger charge is 2.34. The van der Waals surface area contributed by atoms with E-state index in [9.17, 15) is 4.79 Å². The molecule has 0 aromatic rings. The largest absolute Gasteiger partial charge is 0.444 e. The Morgan fingerprint density at radius 3 is 2.70 bits per heavy atom. The van der Waals surface area contributed by atoms with Gasteiger partial charge in [0.2, 0.25) is 0 Å². The van der Waals surface area contributed by atoms with Gasteiger partial charge < -0.3 is 19.9 Å². The van der Waals surface area contributed by atoms with E-state index in [0.717, 1.165) is 32.0 Å². The van der Waals surface area contributed by atoms with Crippen molar-refractivity contribution in [2.45, 2.75) is 58.1 Å². The van der Waals surface area contributed by atoms with Gasteiger partial charge in [0.1, 0.15) is 5.60 Å². The Labute approximate surface area is 140 Å². The molecule has 4 atom stereocenters. The molecule has 3 aliphatic heterocycles. The highest BCUT2D eigenvalue weighted by Crippen LogP contribution is 2.27. The Bertz CT molecular complexity index is 421. The zero-order valence-electron chi connectivity index (χ0n) is 15.0. The molecule has 2 bridgehead atoms. The second kappa shape index (κ2) is 6.98. The number of piperidine rings is 2. The van der Waals surface area contributed by atoms with Gasteiger partial charge in [-0.15, -0.1) is 0 Å². The second-order valence-electron chi connectivity index (χ2n) is 8.59. The number of carbonyl (C=O) groups excluding carboxylic acids is 1. The van der Waals surface area contributed by atoms with Crippen LogP contribution in [0.2, 0.25) is 0 Å². The average molecular weight is 323 g/mol. The van der Waals surface area contributed by atoms with Crippen LogP contribution in [0.15, 0.2) is 0 Å². The number of nitrogens with one attached hydrogen (secondary N) is 1. The Morgan fingerprint density at radius 1 is 1.13 bits per heavy atom. The standard InChI is InChI=1S/C18H33N3O2/c1-18(2,3)23-17(22)21-8-4-5-14(12-21)11-19-16-7-10-20-9-6-15(16)13-20/h14-16,19H,4-13H2,1-3H3. The lowest BCUT2D eigenvalue weighted by atomic mass is 9.92. The lowest BCUT2D eigenvalue weighted by Gasteiger charge is -2.36. The number of likely N-dealkylation sites (tertiary alicyclic amines) is 1. The molecule has 0 radical (unpaired) electrons. The van der Waals surface area contributed by atoms with Gasteiger partial charge in [0.05, 0.1) is 0 Å². The molecule has 1 N–H and O–H groups in total. The lowest BCUT2D eigenvalue weighted by Crippen LogP contribution is -2.49. The smallest absolute Gasteiger partial charge is 0.410 e. The van der Waals surface area contributed by atoms with Crippen LogP contribution in [0.25, 0.3) is 0 Å². The molecule has 0 aromatic carbocycles. The number of rotatable bonds is 3. The van der Waals surface area contributed by atoms with Crippen molar-refractivity contribution in [2.75, 3.05) is 39.3 Å². The monoisotopic (exact) mass is 323 g/mol. The van der Waals surface area contributed by atoms with E-state index in [4.69, 9.17) is 4.74 Å². The van der Waals surface area contributed by atoms with E-state index in [1.165, 1.54) is 38.9 Å². The number of hydrogen-bond donors (Lipinski definition) is 1. The molecule has 0 saturated carbocycles. The second-order valence-corrected chi connectivity index (χ2v) is 8.59. The number of nitrogens with zero attached hydrogens (tertiary/aromatic N) is 2. The Kier molecular flexibility index (Phi) is 5.16. The molecule has 3 rings (SSSR count). The van der Waals surface area contributed by atoms with Gasteiger partial charge in [0, 0.05) is 25.7 Å². The summed E-state index contributed by atoms with van der Waals surface area (Å²) in [5.74, 6) is 1.41. The lowest BCUT2D eigenvalue weighted by molar-refractivity contribution is 0.0163. The van der Waals surface area contributed by atoms with Crippen molar-refractivity contribution >= 4 is 6.09 Å². The van der Waals surface area contributed by atoms with Crippen LogP contribution in [0.1, 0.15) is 46.5 Å². The number of ether oxygens (including phenoxy) is 1. The molecule has 132 valence electrons. The quantitative estimate of drug-likeness (QED) is 0.866. The first kappa shape index (κ1) is 17.0. The van der Waals surface area contributed by atoms with E-state index in [0.29, 0.717) is 12.0 Å². The maximum atomic E-state index is 12.2. The number of carbonyl (C=O) groups is 1. The fourth-order valence-electron chi connectivity index (χ4n) is 4.26. The summed E-state index contributed by atoms with van der Waals surface area (Å²) in [6.45, 7) is 12.3. The Morgan fingerprint density at radius 2 is 1.91 bits per heavy atom. The molecule has 23 heavy (non-hydrogen) atoms. The van der Waals surface area contributed by atoms with Gasteiger partial charge >= 0.3 is 6.09 Å². The van der Waals surface area contributed by atoms with Gasteiger partial charge in [-0.2, -0.15) is 0 Å². The molecule has 3 heterocycles. The molecule has 5 heteroatoms. The predicted octanol–water partition coefficient (Wildman–Crippen LogP) is 2.32. The van der Waals surface area contributed by atoms with Gasteiger partial charge in [-0.3, -0.25) is 0 Å². The van der Waals surface area contributed by atoms with Gasteiger partial charge in [-0.05, 0) is 77.9 Å². The minimum Gasteiger partial charge on any atom is -0.444 e. The van der Waals surface area contributed by atoms with Gasteiger partial charge in [-0.1, -0.05) is 0 Å². The van der Waals surface area contributed by atoms with Crippen molar-refractivity contribution in [3.05, 3.63) is 0 Å². The molecular weight excluding hydrogens is 290 g/mol. The number of amides is 1. The maximum absolute atomic E-state index is 12.2. The van der Waals surface area contributed by atoms with Crippen molar-refractivity contribution in [3.8, 4) is 0 Å². The van der Waals surface area contributed by atoms with E-state index in [-0.39, 0.29) is 6.09 Å². The van der Waals surface area contributed by atoms with Crippen LogP contribution in [0.3, 0.4) is 0 Å². The summed E-state index contributed by atoms with van der Waals surface area (Å²) < 4.78 is 5.52. The van der Waals surface area contributed by atoms with Crippen molar-refractivity contribution in [3.63, 3.8) is 0 Å². The Hall–Kier alpha value is -0.810. The van der Waals surface area contributed by atoms with Crippen molar-refractivity contribution in [2.24, 2.45) is 11.8 Å². The zero-order chi connectivity index (χ0) is 16.4. The summed E-state index contributed by atoms with van der Waals surface area (Å²) >= 11 is 0. The first-order valence-electron chi connectivity index (χ1n) is 9.34. The highest BCUT2D eigenvalue weighted by atomic mass is 16.6. The van der Waals surface area contributed by atoms with Gasteiger partial charge in [0.25, 0.3) is 0 Å². The van der Waals surface area contributed by atoms with Crippen molar-refractivity contribution in [1.29, 1.82) is 0 Å². The van der Waals surface area contributed by atoms with Crippen LogP contribution in [-0.2, 0) is 4.74 Å². The van der Waals surface area contributed by atoms with Gasteiger partial charge in [0.15, 0.2) is 0 Å². The molecule has 5 nitrogen and oxygen atoms in total. The van der Waals surface area contributed by atoms with E-state index >= 15 is 0 Å². The summed E-state index contributed by atoms with van der Waals surface area (Å²) in [6, 6.07) is 0.686. The van der Waals surface area contributed by atoms with Crippen LogP contribution in [0, 0.1) is 11.8 Å². The van der Waals surface area contributed by atoms with Crippen LogP contribution in [-0.4, -0.2) is 66.8 Å². The third kappa shape index (κ3) is 4.60. The van der Waals surface area contributed by atoms with E-state index in [1.807, 2.05) is 25.7 Å². The molecule has 0 aliphatic carbocycles. The normalized spacial score (nSPS) is 34.5. The van der Waals surface area contributed by atoms with Crippen LogP contribution < -0.4 is 5.32 Å². The summed E-state index contributed by atoms with van der Waals surface area (Å²) in [5.41, 5.74) is -0.404. The molecule has 0 spiro atoms. The fourth-order valence-corrected chi connectivity index (χ4v) is 4.26. The number of fused-ring (bicyclic) bond motifs is 2. The molecule has 0 aromatic heterocycles. The molecule has 3 saturated heterocycles. The minimum atomic E-state index is -0.404. The van der Waals surface area contributed by atoms with Crippen LogP contribution >= 0.6 is 0 Å². The molecule has 3 fully saturated rings. The molecule has 1 amide bonds. The molecular formula is C18H33N3O2. The first-order chi connectivity index (χ1) is 10.9. The summed E-state index contributed by atoms with van der Waals surface area (Å²) in [5, 5.41) is 3.82. The summed E-state index contributed by atoms with van der Waals surface area (Å²) in [4.78, 5) is 16.7. The minimum absolute atomic E-state index is 0.147. The summed E-state index contributed by atoms with van der Waals surface area (Å²) in [6.07, 6.45) is 4.80. The van der Waals surface area contributed by atoms with Crippen molar-refractivity contribution in [1.82, 2.24) is 15.1 Å².